The molecule has 0 amide bonds. The average Bonchev–Trinajstić information content (AvgIpc) is 3.03. The van der Waals surface area contributed by atoms with Crippen LogP contribution in [0.5, 0.6) is 11.5 Å². The molecule has 0 fully saturated rings. The summed E-state index contributed by atoms with van der Waals surface area (Å²) in [6, 6.07) is 6.55. The zero-order chi connectivity index (χ0) is 18.0. The molecule has 0 bridgehead atoms. The Hall–Kier alpha value is -2.42. The van der Waals surface area contributed by atoms with Crippen molar-refractivity contribution in [1.82, 2.24) is 15.0 Å². The smallest absolute Gasteiger partial charge is 0.422 e. The first-order chi connectivity index (χ1) is 11.9. The van der Waals surface area contributed by atoms with Crippen molar-refractivity contribution < 1.29 is 22.6 Å². The van der Waals surface area contributed by atoms with Crippen LogP contribution in [0.2, 0.25) is 0 Å². The van der Waals surface area contributed by atoms with Crippen molar-refractivity contribution in [2.24, 2.45) is 0 Å². The lowest BCUT2D eigenvalue weighted by atomic mass is 10.3. The summed E-state index contributed by atoms with van der Waals surface area (Å²) in [5, 5.41) is 0. The standard InChI is InChI=1S/C16H14F3N3O2S/c1-23-14-12(25-2)4-3-10-13(14)22-15(21-10)11-7-9(5-6-20-11)24-8-16(17,18)19/h3-7H,8H2,1-2H3,(H,21,22). The number of thioether (sulfide) groups is 1. The van der Waals surface area contributed by atoms with E-state index in [-0.39, 0.29) is 5.75 Å². The molecule has 9 heteroatoms. The summed E-state index contributed by atoms with van der Waals surface area (Å²) < 4.78 is 47.0. The summed E-state index contributed by atoms with van der Waals surface area (Å²) >= 11 is 1.53. The van der Waals surface area contributed by atoms with Gasteiger partial charge in [0.1, 0.15) is 17.0 Å². The van der Waals surface area contributed by atoms with Crippen LogP contribution in [0.25, 0.3) is 22.6 Å². The number of benzene rings is 1. The van der Waals surface area contributed by atoms with E-state index in [2.05, 4.69) is 15.0 Å². The lowest BCUT2D eigenvalue weighted by Gasteiger charge is -2.09. The molecular weight excluding hydrogens is 355 g/mol. The lowest BCUT2D eigenvalue weighted by Crippen LogP contribution is -2.19. The highest BCUT2D eigenvalue weighted by Gasteiger charge is 2.28. The summed E-state index contributed by atoms with van der Waals surface area (Å²) in [6.45, 7) is -1.36. The molecule has 25 heavy (non-hydrogen) atoms. The highest BCUT2D eigenvalue weighted by atomic mass is 32.2. The maximum absolute atomic E-state index is 12.3. The number of ether oxygens (including phenoxy) is 2. The van der Waals surface area contributed by atoms with Crippen LogP contribution in [-0.4, -0.2) is 41.1 Å². The van der Waals surface area contributed by atoms with Crippen LogP contribution in [-0.2, 0) is 0 Å². The zero-order valence-corrected chi connectivity index (χ0v) is 14.2. The Labute approximate surface area is 145 Å². The molecule has 0 aliphatic rings. The van der Waals surface area contributed by atoms with Gasteiger partial charge in [0.15, 0.2) is 18.2 Å². The fraction of sp³-hybridized carbons (Fsp3) is 0.250. The summed E-state index contributed by atoms with van der Waals surface area (Å²) in [7, 11) is 1.56. The molecule has 0 spiro atoms. The van der Waals surface area contributed by atoms with Gasteiger partial charge >= 0.3 is 6.18 Å². The number of methoxy groups -OCH3 is 1. The first-order valence-corrected chi connectivity index (χ1v) is 8.40. The van der Waals surface area contributed by atoms with Crippen molar-refractivity contribution in [3.05, 3.63) is 30.5 Å². The van der Waals surface area contributed by atoms with Crippen LogP contribution < -0.4 is 9.47 Å². The largest absolute Gasteiger partial charge is 0.493 e. The molecule has 132 valence electrons. The van der Waals surface area contributed by atoms with Crippen LogP contribution in [0.4, 0.5) is 13.2 Å². The number of hydrogen-bond acceptors (Lipinski definition) is 5. The number of aromatic nitrogens is 3. The highest BCUT2D eigenvalue weighted by molar-refractivity contribution is 7.98. The van der Waals surface area contributed by atoms with E-state index >= 15 is 0 Å². The van der Waals surface area contributed by atoms with Crippen molar-refractivity contribution in [2.75, 3.05) is 20.0 Å². The van der Waals surface area contributed by atoms with E-state index in [9.17, 15) is 13.2 Å². The third-order valence-corrected chi connectivity index (χ3v) is 4.13. The molecule has 0 saturated heterocycles. The third-order valence-electron chi connectivity index (χ3n) is 3.37. The van der Waals surface area contributed by atoms with E-state index in [1.165, 1.54) is 30.1 Å². The Balaban J connectivity index is 1.97. The minimum Gasteiger partial charge on any atom is -0.493 e. The Morgan fingerprint density at radius 3 is 2.72 bits per heavy atom. The quantitative estimate of drug-likeness (QED) is 0.680. The first kappa shape index (κ1) is 17.4. The Morgan fingerprint density at radius 1 is 1.24 bits per heavy atom. The molecule has 1 N–H and O–H groups in total. The molecule has 5 nitrogen and oxygen atoms in total. The Kier molecular flexibility index (Phi) is 4.76. The number of aromatic amines is 1. The molecule has 0 saturated carbocycles. The molecule has 3 rings (SSSR count). The van der Waals surface area contributed by atoms with Gasteiger partial charge in [-0.2, -0.15) is 13.2 Å². The van der Waals surface area contributed by atoms with E-state index in [4.69, 9.17) is 9.47 Å². The molecule has 0 unspecified atom stereocenters. The predicted octanol–water partition coefficient (Wildman–Crippen LogP) is 4.30. The van der Waals surface area contributed by atoms with Gasteiger partial charge in [0.05, 0.1) is 17.5 Å². The molecule has 0 aliphatic carbocycles. The van der Waals surface area contributed by atoms with E-state index in [0.717, 1.165) is 10.4 Å². The number of pyridine rings is 1. The second kappa shape index (κ2) is 6.83. The second-order valence-electron chi connectivity index (χ2n) is 5.06. The monoisotopic (exact) mass is 369 g/mol. The summed E-state index contributed by atoms with van der Waals surface area (Å²) in [5.41, 5.74) is 1.75. The number of imidazole rings is 1. The van der Waals surface area contributed by atoms with Gasteiger partial charge in [0, 0.05) is 12.3 Å². The van der Waals surface area contributed by atoms with E-state index in [1.54, 1.807) is 7.11 Å². The van der Waals surface area contributed by atoms with E-state index < -0.39 is 12.8 Å². The van der Waals surface area contributed by atoms with Crippen molar-refractivity contribution in [3.63, 3.8) is 0 Å². The number of hydrogen-bond donors (Lipinski definition) is 1. The molecular formula is C16H14F3N3O2S. The van der Waals surface area contributed by atoms with Gasteiger partial charge in [-0.05, 0) is 24.5 Å². The molecule has 2 heterocycles. The summed E-state index contributed by atoms with van der Waals surface area (Å²) in [5.74, 6) is 1.13. The number of nitrogens with zero attached hydrogens (tertiary/aromatic N) is 2. The van der Waals surface area contributed by atoms with Gasteiger partial charge in [-0.25, -0.2) is 4.98 Å². The Morgan fingerprint density at radius 2 is 2.04 bits per heavy atom. The van der Waals surface area contributed by atoms with Crippen LogP contribution >= 0.6 is 11.8 Å². The maximum atomic E-state index is 12.3. The van der Waals surface area contributed by atoms with Crippen molar-refractivity contribution in [3.8, 4) is 23.0 Å². The average molecular weight is 369 g/mol. The van der Waals surface area contributed by atoms with Crippen LogP contribution in [0.15, 0.2) is 35.4 Å². The van der Waals surface area contributed by atoms with Crippen molar-refractivity contribution in [2.45, 2.75) is 11.1 Å². The SMILES string of the molecule is COc1c(SC)ccc2[nH]c(-c3cc(OCC(F)(F)F)ccn3)nc12. The summed E-state index contributed by atoms with van der Waals surface area (Å²) in [6.07, 6.45) is -1.09. The number of nitrogens with one attached hydrogen (secondary N) is 1. The molecule has 3 aromatic rings. The number of fused-ring (bicyclic) bond motifs is 1. The molecule has 0 atom stereocenters. The molecule has 1 aromatic carbocycles. The Bertz CT molecular complexity index is 896. The zero-order valence-electron chi connectivity index (χ0n) is 13.3. The normalized spacial score (nSPS) is 11.7. The highest BCUT2D eigenvalue weighted by Crippen LogP contribution is 2.35. The first-order valence-electron chi connectivity index (χ1n) is 7.18. The fourth-order valence-corrected chi connectivity index (χ4v) is 2.88. The number of rotatable bonds is 5. The van der Waals surface area contributed by atoms with Crippen LogP contribution in [0.3, 0.4) is 0 Å². The van der Waals surface area contributed by atoms with Gasteiger partial charge in [0.25, 0.3) is 0 Å². The fourth-order valence-electron chi connectivity index (χ4n) is 2.31. The second-order valence-corrected chi connectivity index (χ2v) is 5.91. The van der Waals surface area contributed by atoms with Crippen LogP contribution in [0, 0.1) is 0 Å². The number of H-pyrrole nitrogens is 1. The van der Waals surface area contributed by atoms with Gasteiger partial charge in [0.2, 0.25) is 0 Å². The summed E-state index contributed by atoms with van der Waals surface area (Å²) in [4.78, 5) is 12.7. The van der Waals surface area contributed by atoms with Gasteiger partial charge in [-0.1, -0.05) is 0 Å². The van der Waals surface area contributed by atoms with Crippen molar-refractivity contribution >= 4 is 22.8 Å². The minimum absolute atomic E-state index is 0.0690. The molecule has 0 radical (unpaired) electrons. The van der Waals surface area contributed by atoms with E-state index in [0.29, 0.717) is 22.8 Å². The van der Waals surface area contributed by atoms with Gasteiger partial charge < -0.3 is 14.5 Å². The number of alkyl halides is 3. The molecule has 0 aliphatic heterocycles. The van der Waals surface area contributed by atoms with Crippen LogP contribution in [0.1, 0.15) is 0 Å². The van der Waals surface area contributed by atoms with Gasteiger partial charge in [-0.3, -0.25) is 4.98 Å². The molecule has 2 aromatic heterocycles. The maximum Gasteiger partial charge on any atom is 0.422 e. The third kappa shape index (κ3) is 3.81. The van der Waals surface area contributed by atoms with Gasteiger partial charge in [-0.15, -0.1) is 11.8 Å². The van der Waals surface area contributed by atoms with Crippen molar-refractivity contribution in [1.29, 1.82) is 0 Å². The minimum atomic E-state index is -4.40. The predicted molar refractivity (Wildman–Crippen MR) is 89.2 cm³/mol. The van der Waals surface area contributed by atoms with E-state index in [1.807, 2.05) is 18.4 Å². The topological polar surface area (TPSA) is 60.0 Å². The lowest BCUT2D eigenvalue weighted by molar-refractivity contribution is -0.153. The number of halogens is 3.